The van der Waals surface area contributed by atoms with Gasteiger partial charge in [-0.25, -0.2) is 0 Å². The molecule has 20 heavy (non-hydrogen) atoms. The molecule has 0 aromatic rings. The molecule has 2 nitrogen and oxygen atoms in total. The second-order valence-electron chi connectivity index (χ2n) is 6.91. The quantitative estimate of drug-likeness (QED) is 0.807. The van der Waals surface area contributed by atoms with E-state index in [2.05, 4.69) is 24.1 Å². The van der Waals surface area contributed by atoms with Gasteiger partial charge in [0, 0.05) is 19.1 Å². The van der Waals surface area contributed by atoms with Gasteiger partial charge in [-0.3, -0.25) is 0 Å². The largest absolute Gasteiger partial charge is 0.391 e. The third-order valence-electron chi connectivity index (χ3n) is 4.90. The molecule has 1 N–H and O–H groups in total. The van der Waals surface area contributed by atoms with E-state index < -0.39 is 12.1 Å². The zero-order valence-corrected chi connectivity index (χ0v) is 12.6. The van der Waals surface area contributed by atoms with E-state index in [9.17, 15) is 13.2 Å². The Hall–Kier alpha value is -0.290. The summed E-state index contributed by atoms with van der Waals surface area (Å²) in [6.07, 6.45) is 0.131. The van der Waals surface area contributed by atoms with Crippen LogP contribution in [0.5, 0.6) is 0 Å². The van der Waals surface area contributed by atoms with Crippen LogP contribution in [0, 0.1) is 11.3 Å². The van der Waals surface area contributed by atoms with E-state index in [1.54, 1.807) is 0 Å². The third kappa shape index (κ3) is 4.62. The number of nitrogens with zero attached hydrogens (tertiary/aromatic N) is 1. The zero-order chi connectivity index (χ0) is 14.8. The third-order valence-corrected chi connectivity index (χ3v) is 4.90. The molecule has 1 saturated carbocycles. The van der Waals surface area contributed by atoms with Crippen molar-refractivity contribution in [1.82, 2.24) is 10.2 Å². The van der Waals surface area contributed by atoms with Crippen LogP contribution in [0.1, 0.15) is 46.0 Å². The normalized spacial score (nSPS) is 25.6. The van der Waals surface area contributed by atoms with Crippen molar-refractivity contribution in [2.75, 3.05) is 26.2 Å². The molecule has 0 spiro atoms. The van der Waals surface area contributed by atoms with Gasteiger partial charge in [0.05, 0.1) is 5.92 Å². The molecule has 2 rings (SSSR count). The highest BCUT2D eigenvalue weighted by molar-refractivity contribution is 4.88. The van der Waals surface area contributed by atoms with Gasteiger partial charge in [0.15, 0.2) is 0 Å². The van der Waals surface area contributed by atoms with Crippen LogP contribution in [0.2, 0.25) is 0 Å². The average molecular weight is 292 g/mol. The molecule has 1 aliphatic heterocycles. The molecule has 1 atom stereocenters. The van der Waals surface area contributed by atoms with Crippen molar-refractivity contribution in [3.05, 3.63) is 0 Å². The number of halogens is 3. The summed E-state index contributed by atoms with van der Waals surface area (Å²) in [4.78, 5) is 2.22. The van der Waals surface area contributed by atoms with Crippen molar-refractivity contribution >= 4 is 0 Å². The van der Waals surface area contributed by atoms with E-state index in [-0.39, 0.29) is 18.3 Å². The summed E-state index contributed by atoms with van der Waals surface area (Å²) < 4.78 is 38.0. The van der Waals surface area contributed by atoms with Gasteiger partial charge in [0.25, 0.3) is 0 Å². The van der Waals surface area contributed by atoms with Crippen LogP contribution >= 0.6 is 0 Å². The van der Waals surface area contributed by atoms with Crippen molar-refractivity contribution in [2.24, 2.45) is 11.3 Å². The summed E-state index contributed by atoms with van der Waals surface area (Å²) in [6.45, 7) is 7.49. The lowest BCUT2D eigenvalue weighted by atomic mass is 9.85. The number of hydrogen-bond acceptors (Lipinski definition) is 2. The summed E-state index contributed by atoms with van der Waals surface area (Å²) in [7, 11) is 0. The molecule has 1 unspecified atom stereocenters. The number of nitrogens with one attached hydrogen (secondary N) is 1. The molecule has 1 saturated heterocycles. The molecular weight excluding hydrogens is 265 g/mol. The molecule has 0 bridgehead atoms. The van der Waals surface area contributed by atoms with Crippen molar-refractivity contribution in [1.29, 1.82) is 0 Å². The first-order chi connectivity index (χ1) is 9.32. The van der Waals surface area contributed by atoms with Crippen LogP contribution < -0.4 is 5.32 Å². The lowest BCUT2D eigenvalue weighted by Gasteiger charge is -2.39. The summed E-state index contributed by atoms with van der Waals surface area (Å²) in [6, 6.07) is 0.692. The lowest BCUT2D eigenvalue weighted by molar-refractivity contribution is -0.185. The Morgan fingerprint density at radius 1 is 1.10 bits per heavy atom. The predicted octanol–water partition coefficient (Wildman–Crippen LogP) is 3.43. The van der Waals surface area contributed by atoms with Crippen LogP contribution in [0.4, 0.5) is 13.2 Å². The maximum atomic E-state index is 12.7. The van der Waals surface area contributed by atoms with E-state index in [0.717, 1.165) is 19.5 Å². The van der Waals surface area contributed by atoms with E-state index in [1.807, 2.05) is 0 Å². The molecule has 1 heterocycles. The molecule has 5 heteroatoms. The fourth-order valence-corrected chi connectivity index (χ4v) is 2.93. The first-order valence-electron chi connectivity index (χ1n) is 7.85. The number of hydrogen-bond donors (Lipinski definition) is 1. The first kappa shape index (κ1) is 16.1. The predicted molar refractivity (Wildman–Crippen MR) is 74.6 cm³/mol. The van der Waals surface area contributed by atoms with Crippen molar-refractivity contribution in [2.45, 2.75) is 58.2 Å². The number of piperidine rings is 1. The zero-order valence-electron chi connectivity index (χ0n) is 12.6. The van der Waals surface area contributed by atoms with Crippen molar-refractivity contribution < 1.29 is 13.2 Å². The second kappa shape index (κ2) is 6.22. The van der Waals surface area contributed by atoms with Crippen LogP contribution in [-0.4, -0.2) is 43.3 Å². The number of rotatable bonds is 6. The monoisotopic (exact) mass is 292 g/mol. The van der Waals surface area contributed by atoms with Gasteiger partial charge >= 0.3 is 6.18 Å². The SMILES string of the molecule is CCC(C)(CNC1CC1)CN1CCC(C(F)(F)F)CC1. The fourth-order valence-electron chi connectivity index (χ4n) is 2.93. The van der Waals surface area contributed by atoms with Crippen LogP contribution in [-0.2, 0) is 0 Å². The maximum absolute atomic E-state index is 12.7. The Bertz CT molecular complexity index is 307. The van der Waals surface area contributed by atoms with Crippen LogP contribution in [0.15, 0.2) is 0 Å². The summed E-state index contributed by atoms with van der Waals surface area (Å²) in [5.74, 6) is -1.09. The molecular formula is C15H27F3N2. The molecule has 2 fully saturated rings. The van der Waals surface area contributed by atoms with Crippen molar-refractivity contribution in [3.63, 3.8) is 0 Å². The lowest BCUT2D eigenvalue weighted by Crippen LogP contribution is -2.46. The highest BCUT2D eigenvalue weighted by Crippen LogP contribution is 2.35. The molecule has 0 aromatic carbocycles. The van der Waals surface area contributed by atoms with E-state index in [1.165, 1.54) is 12.8 Å². The summed E-state index contributed by atoms with van der Waals surface area (Å²) in [5, 5.41) is 3.56. The molecule has 2 aliphatic rings. The Labute approximate surface area is 120 Å². The Morgan fingerprint density at radius 2 is 1.70 bits per heavy atom. The van der Waals surface area contributed by atoms with Crippen LogP contribution in [0.25, 0.3) is 0 Å². The minimum Gasteiger partial charge on any atom is -0.313 e. The molecule has 0 aromatic heterocycles. The van der Waals surface area contributed by atoms with E-state index >= 15 is 0 Å². The highest BCUT2D eigenvalue weighted by Gasteiger charge is 2.41. The van der Waals surface area contributed by atoms with Gasteiger partial charge in [-0.05, 0) is 50.6 Å². The van der Waals surface area contributed by atoms with Crippen LogP contribution in [0.3, 0.4) is 0 Å². The van der Waals surface area contributed by atoms with Gasteiger partial charge < -0.3 is 10.2 Å². The summed E-state index contributed by atoms with van der Waals surface area (Å²) >= 11 is 0. The molecule has 0 radical (unpaired) electrons. The topological polar surface area (TPSA) is 15.3 Å². The highest BCUT2D eigenvalue weighted by atomic mass is 19.4. The Morgan fingerprint density at radius 3 is 2.15 bits per heavy atom. The van der Waals surface area contributed by atoms with Crippen molar-refractivity contribution in [3.8, 4) is 0 Å². The minimum absolute atomic E-state index is 0.174. The van der Waals surface area contributed by atoms with Gasteiger partial charge in [0.1, 0.15) is 0 Å². The van der Waals surface area contributed by atoms with E-state index in [0.29, 0.717) is 19.1 Å². The van der Waals surface area contributed by atoms with Gasteiger partial charge in [0.2, 0.25) is 0 Å². The number of likely N-dealkylation sites (tertiary alicyclic amines) is 1. The van der Waals surface area contributed by atoms with Gasteiger partial charge in [-0.1, -0.05) is 13.8 Å². The Balaban J connectivity index is 1.77. The molecule has 1 aliphatic carbocycles. The maximum Gasteiger partial charge on any atom is 0.391 e. The molecule has 0 amide bonds. The smallest absolute Gasteiger partial charge is 0.313 e. The standard InChI is InChI=1S/C15H27F3N2/c1-3-14(2,10-19-13-4-5-13)11-20-8-6-12(7-9-20)15(16,17)18/h12-13,19H,3-11H2,1-2H3. The molecule has 118 valence electrons. The summed E-state index contributed by atoms with van der Waals surface area (Å²) in [5.41, 5.74) is 0.174. The average Bonchev–Trinajstić information content (AvgIpc) is 3.20. The second-order valence-corrected chi connectivity index (χ2v) is 6.91. The van der Waals surface area contributed by atoms with Gasteiger partial charge in [-0.15, -0.1) is 0 Å². The minimum atomic E-state index is -4.01. The first-order valence-corrected chi connectivity index (χ1v) is 7.85. The number of alkyl halides is 3. The fraction of sp³-hybridized carbons (Fsp3) is 1.00. The van der Waals surface area contributed by atoms with E-state index in [4.69, 9.17) is 0 Å². The van der Waals surface area contributed by atoms with Gasteiger partial charge in [-0.2, -0.15) is 13.2 Å². The Kier molecular flexibility index (Phi) is 5.00.